The van der Waals surface area contributed by atoms with Crippen LogP contribution in [0.15, 0.2) is 72.9 Å². The van der Waals surface area contributed by atoms with Gasteiger partial charge in [0.2, 0.25) is 0 Å². The summed E-state index contributed by atoms with van der Waals surface area (Å²) in [6.07, 6.45) is 1.87. The SMILES string of the molecule is Cc1cc(NC(=O)c2cc(-c3ccccc3)nc3c2cnn3Cc2cccc(F)c2)n(CCC#N)n1. The molecule has 0 unspecified atom stereocenters. The van der Waals surface area contributed by atoms with E-state index in [-0.39, 0.29) is 18.1 Å². The number of aromatic nitrogens is 5. The zero-order valence-corrected chi connectivity index (χ0v) is 19.5. The third-order valence-corrected chi connectivity index (χ3v) is 5.72. The number of nitriles is 1. The van der Waals surface area contributed by atoms with Gasteiger partial charge in [0.15, 0.2) is 5.65 Å². The van der Waals surface area contributed by atoms with E-state index in [1.807, 2.05) is 43.3 Å². The number of pyridine rings is 1. The normalized spacial score (nSPS) is 10.9. The summed E-state index contributed by atoms with van der Waals surface area (Å²) in [6, 6.07) is 21.5. The number of hydrogen-bond acceptors (Lipinski definition) is 5. The first-order chi connectivity index (χ1) is 17.5. The fraction of sp³-hybridized carbons (Fsp3) is 0.148. The molecular formula is C27H22FN7O. The minimum atomic E-state index is -0.344. The fourth-order valence-corrected chi connectivity index (χ4v) is 4.07. The first-order valence-corrected chi connectivity index (χ1v) is 11.4. The molecule has 3 aromatic heterocycles. The third kappa shape index (κ3) is 4.70. The van der Waals surface area contributed by atoms with Crippen LogP contribution >= 0.6 is 0 Å². The Morgan fingerprint density at radius 2 is 1.92 bits per heavy atom. The Balaban J connectivity index is 1.58. The Morgan fingerprint density at radius 1 is 1.08 bits per heavy atom. The van der Waals surface area contributed by atoms with Crippen molar-refractivity contribution in [1.29, 1.82) is 5.26 Å². The van der Waals surface area contributed by atoms with Crippen molar-refractivity contribution in [2.75, 3.05) is 5.32 Å². The molecular weight excluding hydrogens is 457 g/mol. The predicted octanol–water partition coefficient (Wildman–Crippen LogP) is 4.96. The highest BCUT2D eigenvalue weighted by atomic mass is 19.1. The number of anilines is 1. The van der Waals surface area contributed by atoms with E-state index in [2.05, 4.69) is 21.6 Å². The monoisotopic (exact) mass is 479 g/mol. The van der Waals surface area contributed by atoms with Gasteiger partial charge < -0.3 is 5.32 Å². The van der Waals surface area contributed by atoms with Crippen LogP contribution in [-0.2, 0) is 13.1 Å². The Bertz CT molecular complexity index is 1600. The number of benzene rings is 2. The van der Waals surface area contributed by atoms with E-state index < -0.39 is 0 Å². The molecule has 0 fully saturated rings. The largest absolute Gasteiger partial charge is 0.307 e. The van der Waals surface area contributed by atoms with Crippen LogP contribution in [0.25, 0.3) is 22.3 Å². The number of hydrogen-bond donors (Lipinski definition) is 1. The molecule has 5 aromatic rings. The van der Waals surface area contributed by atoms with Gasteiger partial charge in [-0.15, -0.1) is 0 Å². The van der Waals surface area contributed by atoms with E-state index in [0.717, 1.165) is 16.8 Å². The number of nitrogens with zero attached hydrogens (tertiary/aromatic N) is 6. The minimum Gasteiger partial charge on any atom is -0.307 e. The fourth-order valence-electron chi connectivity index (χ4n) is 4.07. The van der Waals surface area contributed by atoms with Crippen molar-refractivity contribution >= 4 is 22.8 Å². The second-order valence-corrected chi connectivity index (χ2v) is 8.35. The highest BCUT2D eigenvalue weighted by Gasteiger charge is 2.19. The maximum atomic E-state index is 13.8. The van der Waals surface area contributed by atoms with E-state index in [1.54, 1.807) is 33.8 Å². The smallest absolute Gasteiger partial charge is 0.257 e. The Morgan fingerprint density at radius 3 is 2.69 bits per heavy atom. The van der Waals surface area contributed by atoms with E-state index >= 15 is 0 Å². The molecule has 8 nitrogen and oxygen atoms in total. The van der Waals surface area contributed by atoms with Gasteiger partial charge in [-0.25, -0.2) is 18.7 Å². The van der Waals surface area contributed by atoms with Crippen molar-refractivity contribution in [2.24, 2.45) is 0 Å². The average molecular weight is 480 g/mol. The summed E-state index contributed by atoms with van der Waals surface area (Å²) in [5.74, 6) is -0.167. The molecule has 5 rings (SSSR count). The summed E-state index contributed by atoms with van der Waals surface area (Å²) in [5.41, 5.74) is 3.84. The number of carbonyl (C=O) groups is 1. The van der Waals surface area contributed by atoms with Crippen LogP contribution in [0, 0.1) is 24.1 Å². The lowest BCUT2D eigenvalue weighted by Crippen LogP contribution is -2.16. The molecule has 2 aromatic carbocycles. The topological polar surface area (TPSA) is 101 Å². The molecule has 0 saturated heterocycles. The molecule has 0 radical (unpaired) electrons. The molecule has 1 N–H and O–H groups in total. The molecule has 0 aliphatic carbocycles. The van der Waals surface area contributed by atoms with E-state index in [9.17, 15) is 9.18 Å². The Kier molecular flexibility index (Phi) is 6.24. The highest BCUT2D eigenvalue weighted by Crippen LogP contribution is 2.26. The molecule has 0 aliphatic rings. The van der Waals surface area contributed by atoms with Crippen molar-refractivity contribution in [2.45, 2.75) is 26.4 Å². The van der Waals surface area contributed by atoms with Crippen molar-refractivity contribution in [3.63, 3.8) is 0 Å². The Hall–Kier alpha value is -4.84. The van der Waals surface area contributed by atoms with Crippen molar-refractivity contribution in [3.05, 3.63) is 95.6 Å². The quantitative estimate of drug-likeness (QED) is 0.356. The summed E-state index contributed by atoms with van der Waals surface area (Å²) in [5, 5.41) is 21.3. The van der Waals surface area contributed by atoms with Gasteiger partial charge in [-0.05, 0) is 30.7 Å². The van der Waals surface area contributed by atoms with Gasteiger partial charge in [0, 0.05) is 11.6 Å². The number of amides is 1. The summed E-state index contributed by atoms with van der Waals surface area (Å²) in [7, 11) is 0. The summed E-state index contributed by atoms with van der Waals surface area (Å²) in [6.45, 7) is 2.49. The van der Waals surface area contributed by atoms with Gasteiger partial charge in [0.1, 0.15) is 11.6 Å². The van der Waals surface area contributed by atoms with Gasteiger partial charge in [-0.3, -0.25) is 4.79 Å². The molecule has 36 heavy (non-hydrogen) atoms. The molecule has 0 bridgehead atoms. The van der Waals surface area contributed by atoms with E-state index in [4.69, 9.17) is 10.2 Å². The summed E-state index contributed by atoms with van der Waals surface area (Å²) in [4.78, 5) is 18.3. The van der Waals surface area contributed by atoms with Crippen molar-refractivity contribution in [1.82, 2.24) is 24.5 Å². The minimum absolute atomic E-state index is 0.272. The maximum Gasteiger partial charge on any atom is 0.257 e. The van der Waals surface area contributed by atoms with Crippen LogP contribution < -0.4 is 5.32 Å². The predicted molar refractivity (Wildman–Crippen MR) is 134 cm³/mol. The molecule has 0 atom stereocenters. The van der Waals surface area contributed by atoms with Crippen LogP contribution in [0.5, 0.6) is 0 Å². The number of halogens is 1. The molecule has 0 spiro atoms. The molecule has 1 amide bonds. The lowest BCUT2D eigenvalue weighted by Gasteiger charge is -2.11. The first-order valence-electron chi connectivity index (χ1n) is 11.4. The molecule has 0 saturated carbocycles. The number of fused-ring (bicyclic) bond motifs is 1. The molecule has 3 heterocycles. The standard InChI is InChI=1S/C27H22FN7O/c1-18-13-25(34(33-18)12-6-11-29)32-27(36)22-15-24(20-8-3-2-4-9-20)31-26-23(22)16-30-35(26)17-19-7-5-10-21(28)14-19/h2-5,7-10,13-16H,6,12,17H2,1H3,(H,32,36). The van der Waals surface area contributed by atoms with Gasteiger partial charge in [-0.1, -0.05) is 42.5 Å². The van der Waals surface area contributed by atoms with Crippen LogP contribution in [0.2, 0.25) is 0 Å². The van der Waals surface area contributed by atoms with Gasteiger partial charge in [-0.2, -0.15) is 15.5 Å². The number of rotatable bonds is 7. The highest BCUT2D eigenvalue weighted by molar-refractivity contribution is 6.12. The van der Waals surface area contributed by atoms with Gasteiger partial charge in [0.25, 0.3) is 5.91 Å². The Labute approximate surface area is 206 Å². The summed E-state index contributed by atoms with van der Waals surface area (Å²) < 4.78 is 17.0. The molecule has 0 aliphatic heterocycles. The second kappa shape index (κ2) is 9.80. The van der Waals surface area contributed by atoms with Gasteiger partial charge >= 0.3 is 0 Å². The molecule has 178 valence electrons. The van der Waals surface area contributed by atoms with Crippen LogP contribution in [0.3, 0.4) is 0 Å². The van der Waals surface area contributed by atoms with Crippen LogP contribution in [0.1, 0.15) is 28.0 Å². The van der Waals surface area contributed by atoms with Crippen molar-refractivity contribution < 1.29 is 9.18 Å². The van der Waals surface area contributed by atoms with E-state index in [1.165, 1.54) is 12.1 Å². The second-order valence-electron chi connectivity index (χ2n) is 8.35. The van der Waals surface area contributed by atoms with Gasteiger partial charge in [0.05, 0.1) is 54.1 Å². The van der Waals surface area contributed by atoms with Crippen LogP contribution in [0.4, 0.5) is 10.2 Å². The first kappa shape index (κ1) is 22.9. The molecule has 9 heteroatoms. The lowest BCUT2D eigenvalue weighted by molar-refractivity contribution is 0.102. The number of carbonyl (C=O) groups excluding carboxylic acids is 1. The number of nitrogens with one attached hydrogen (secondary N) is 1. The van der Waals surface area contributed by atoms with Crippen molar-refractivity contribution in [3.8, 4) is 17.3 Å². The number of aryl methyl sites for hydroxylation is 2. The van der Waals surface area contributed by atoms with E-state index in [0.29, 0.717) is 41.2 Å². The average Bonchev–Trinajstić information content (AvgIpc) is 3.45. The zero-order chi connectivity index (χ0) is 25.1. The van der Waals surface area contributed by atoms with Crippen LogP contribution in [-0.4, -0.2) is 30.5 Å². The lowest BCUT2D eigenvalue weighted by atomic mass is 10.1. The zero-order valence-electron chi connectivity index (χ0n) is 19.5. The summed E-state index contributed by atoms with van der Waals surface area (Å²) >= 11 is 0. The third-order valence-electron chi connectivity index (χ3n) is 5.72. The maximum absolute atomic E-state index is 13.8.